The highest BCUT2D eigenvalue weighted by Gasteiger charge is 2.27. The summed E-state index contributed by atoms with van der Waals surface area (Å²) < 4.78 is 5.38. The number of carboxylic acid groups (broad SMARTS) is 1. The normalized spacial score (nSPS) is 16.2. The second-order valence-corrected chi connectivity index (χ2v) is 11.2. The van der Waals surface area contributed by atoms with Gasteiger partial charge in [-0.15, -0.1) is 11.3 Å². The number of anilines is 2. The second-order valence-electron chi connectivity index (χ2n) is 10.3. The van der Waals surface area contributed by atoms with E-state index in [1.165, 1.54) is 17.5 Å². The number of morpholine rings is 1. The van der Waals surface area contributed by atoms with Crippen LogP contribution in [0.3, 0.4) is 0 Å². The van der Waals surface area contributed by atoms with E-state index in [0.717, 1.165) is 12.1 Å². The van der Waals surface area contributed by atoms with Crippen LogP contribution >= 0.6 is 11.3 Å². The van der Waals surface area contributed by atoms with Crippen LogP contribution in [-0.2, 0) is 9.53 Å². The number of amides is 4. The third-order valence-electron chi connectivity index (χ3n) is 7.41. The number of urea groups is 1. The van der Waals surface area contributed by atoms with Crippen LogP contribution < -0.4 is 15.5 Å². The summed E-state index contributed by atoms with van der Waals surface area (Å²) in [6, 6.07) is 11.2. The van der Waals surface area contributed by atoms with Gasteiger partial charge in [-0.1, -0.05) is 12.1 Å². The molecule has 2 aliphatic heterocycles. The van der Waals surface area contributed by atoms with Crippen molar-refractivity contribution in [2.24, 2.45) is 0 Å². The average molecular weight is 607 g/mol. The summed E-state index contributed by atoms with van der Waals surface area (Å²) in [4.78, 5) is 61.5. The maximum absolute atomic E-state index is 13.4. The summed E-state index contributed by atoms with van der Waals surface area (Å²) in [5, 5.41) is 17.0. The fourth-order valence-electron chi connectivity index (χ4n) is 5.20. The molecule has 2 fully saturated rings. The fourth-order valence-corrected chi connectivity index (χ4v) is 5.82. The minimum Gasteiger partial charge on any atom is -0.481 e. The van der Waals surface area contributed by atoms with Crippen molar-refractivity contribution in [2.45, 2.75) is 18.9 Å². The maximum atomic E-state index is 13.4. The highest BCUT2D eigenvalue weighted by Crippen LogP contribution is 2.30. The van der Waals surface area contributed by atoms with Gasteiger partial charge in [0.2, 0.25) is 0 Å². The monoisotopic (exact) mass is 606 g/mol. The van der Waals surface area contributed by atoms with Crippen LogP contribution in [-0.4, -0.2) is 96.2 Å². The molecule has 12 nitrogen and oxygen atoms in total. The van der Waals surface area contributed by atoms with Gasteiger partial charge in [-0.25, -0.2) is 4.79 Å². The third-order valence-corrected chi connectivity index (χ3v) is 8.28. The molecule has 0 radical (unpaired) electrons. The summed E-state index contributed by atoms with van der Waals surface area (Å²) >= 11 is 1.31. The Labute approximate surface area is 253 Å². The lowest BCUT2D eigenvalue weighted by molar-refractivity contribution is -0.137. The summed E-state index contributed by atoms with van der Waals surface area (Å²) in [6.07, 6.45) is 3.52. The van der Waals surface area contributed by atoms with Gasteiger partial charge < -0.3 is 35.2 Å². The van der Waals surface area contributed by atoms with E-state index < -0.39 is 17.9 Å². The molecule has 2 saturated heterocycles. The van der Waals surface area contributed by atoms with Gasteiger partial charge in [0.15, 0.2) is 0 Å². The summed E-state index contributed by atoms with van der Waals surface area (Å²) in [7, 11) is 0. The molecule has 13 heteroatoms. The number of benzene rings is 1. The van der Waals surface area contributed by atoms with Crippen molar-refractivity contribution >= 4 is 46.5 Å². The van der Waals surface area contributed by atoms with E-state index in [1.54, 1.807) is 48.7 Å². The predicted octanol–water partition coefficient (Wildman–Crippen LogP) is 3.31. The van der Waals surface area contributed by atoms with E-state index in [2.05, 4.69) is 20.5 Å². The lowest BCUT2D eigenvalue weighted by atomic mass is 10.0. The molecular formula is C30H34N6O6S. The van der Waals surface area contributed by atoms with Gasteiger partial charge in [0.05, 0.1) is 41.9 Å². The molecule has 226 valence electrons. The molecule has 43 heavy (non-hydrogen) atoms. The molecule has 4 heterocycles. The van der Waals surface area contributed by atoms with Crippen molar-refractivity contribution in [1.29, 1.82) is 0 Å². The minimum absolute atomic E-state index is 0.00733. The minimum atomic E-state index is -1.06. The van der Waals surface area contributed by atoms with Crippen LogP contribution in [0.15, 0.2) is 60.2 Å². The van der Waals surface area contributed by atoms with Gasteiger partial charge in [0.1, 0.15) is 0 Å². The molecule has 3 N–H and O–H groups in total. The van der Waals surface area contributed by atoms with E-state index in [9.17, 15) is 24.3 Å². The predicted molar refractivity (Wildman–Crippen MR) is 162 cm³/mol. The Morgan fingerprint density at radius 1 is 0.953 bits per heavy atom. The Morgan fingerprint density at radius 3 is 2.49 bits per heavy atom. The van der Waals surface area contributed by atoms with E-state index in [0.29, 0.717) is 68.6 Å². The number of carbonyl (C=O) groups is 4. The summed E-state index contributed by atoms with van der Waals surface area (Å²) in [6.45, 7) is 4.57. The molecule has 1 aromatic carbocycles. The zero-order valence-electron chi connectivity index (χ0n) is 23.6. The van der Waals surface area contributed by atoms with Crippen molar-refractivity contribution in [1.82, 2.24) is 20.1 Å². The standard InChI is InChI=1S/C30H34N6O6S/c37-27(38)19-23(22-4-1-8-31-20-22)32-28(39)21-6-7-25(24(18-21)33-29(40)26-5-2-17-43-26)34-9-3-10-35(12-11-34)30(41)36-13-15-42-16-14-36/h1-2,4-8,17-18,20,23H,3,9-16,19H2,(H,32,39)(H,33,40)(H,37,38). The molecule has 0 aliphatic carbocycles. The van der Waals surface area contributed by atoms with Crippen LogP contribution in [0.5, 0.6) is 0 Å². The first kappa shape index (κ1) is 30.0. The van der Waals surface area contributed by atoms with Gasteiger partial charge in [-0.3, -0.25) is 19.4 Å². The van der Waals surface area contributed by atoms with Crippen molar-refractivity contribution < 1.29 is 29.0 Å². The smallest absolute Gasteiger partial charge is 0.320 e. The van der Waals surface area contributed by atoms with Crippen LogP contribution in [0.25, 0.3) is 0 Å². The van der Waals surface area contributed by atoms with Crippen LogP contribution in [0, 0.1) is 0 Å². The quantitative estimate of drug-likeness (QED) is 0.354. The number of thiophene rings is 1. The van der Waals surface area contributed by atoms with E-state index in [1.807, 2.05) is 15.2 Å². The number of nitrogens with zero attached hydrogens (tertiary/aromatic N) is 4. The lowest BCUT2D eigenvalue weighted by Gasteiger charge is -2.32. The molecule has 0 saturated carbocycles. The number of nitrogens with one attached hydrogen (secondary N) is 2. The molecule has 1 atom stereocenters. The SMILES string of the molecule is O=C(O)CC(NC(=O)c1ccc(N2CCCN(C(=O)N3CCOCC3)CC2)c(NC(=O)c2cccs2)c1)c1cccnc1. The Hall–Kier alpha value is -4.49. The highest BCUT2D eigenvalue weighted by atomic mass is 32.1. The van der Waals surface area contributed by atoms with Gasteiger partial charge in [0, 0.05) is 57.2 Å². The molecule has 4 amide bonds. The number of carbonyl (C=O) groups excluding carboxylic acids is 3. The molecule has 3 aromatic rings. The number of ether oxygens (including phenoxy) is 1. The van der Waals surface area contributed by atoms with Crippen molar-refractivity contribution in [2.75, 3.05) is 62.7 Å². The van der Waals surface area contributed by atoms with Crippen LogP contribution in [0.2, 0.25) is 0 Å². The molecule has 2 aromatic heterocycles. The Morgan fingerprint density at radius 2 is 1.77 bits per heavy atom. The highest BCUT2D eigenvalue weighted by molar-refractivity contribution is 7.12. The zero-order chi connectivity index (χ0) is 30.2. The topological polar surface area (TPSA) is 144 Å². The number of aliphatic carboxylic acids is 1. The number of carboxylic acids is 1. The molecule has 0 bridgehead atoms. The Bertz CT molecular complexity index is 1430. The van der Waals surface area contributed by atoms with E-state index in [-0.39, 0.29) is 23.9 Å². The Kier molecular flexibility index (Phi) is 9.84. The van der Waals surface area contributed by atoms with Gasteiger partial charge in [0.25, 0.3) is 11.8 Å². The van der Waals surface area contributed by atoms with Crippen molar-refractivity contribution in [3.63, 3.8) is 0 Å². The summed E-state index contributed by atoms with van der Waals surface area (Å²) in [5.74, 6) is -1.84. The molecular weight excluding hydrogens is 572 g/mol. The van der Waals surface area contributed by atoms with Crippen LogP contribution in [0.1, 0.15) is 44.5 Å². The zero-order valence-corrected chi connectivity index (χ0v) is 24.4. The molecule has 2 aliphatic rings. The van der Waals surface area contributed by atoms with Gasteiger partial charge in [-0.2, -0.15) is 0 Å². The summed E-state index contributed by atoms with van der Waals surface area (Å²) in [5.41, 5.74) is 2.02. The first-order valence-electron chi connectivity index (χ1n) is 14.2. The van der Waals surface area contributed by atoms with Gasteiger partial charge in [-0.05, 0) is 47.7 Å². The number of pyridine rings is 1. The number of rotatable bonds is 8. The molecule has 5 rings (SSSR count). The molecule has 0 spiro atoms. The molecule has 1 unspecified atom stereocenters. The van der Waals surface area contributed by atoms with Gasteiger partial charge >= 0.3 is 12.0 Å². The average Bonchev–Trinajstić information content (AvgIpc) is 3.46. The Balaban J connectivity index is 1.37. The number of hydrogen-bond donors (Lipinski definition) is 3. The van der Waals surface area contributed by atoms with Crippen LogP contribution in [0.4, 0.5) is 16.2 Å². The van der Waals surface area contributed by atoms with E-state index >= 15 is 0 Å². The maximum Gasteiger partial charge on any atom is 0.320 e. The fraction of sp³-hybridized carbons (Fsp3) is 0.367. The number of hydrogen-bond acceptors (Lipinski definition) is 8. The first-order chi connectivity index (χ1) is 20.9. The van der Waals surface area contributed by atoms with E-state index in [4.69, 9.17) is 4.74 Å². The first-order valence-corrected chi connectivity index (χ1v) is 15.0. The van der Waals surface area contributed by atoms with Crippen molar-refractivity contribution in [3.05, 3.63) is 76.2 Å². The number of aromatic nitrogens is 1. The largest absolute Gasteiger partial charge is 0.481 e. The van der Waals surface area contributed by atoms with Crippen molar-refractivity contribution in [3.8, 4) is 0 Å². The second kappa shape index (κ2) is 14.1. The third kappa shape index (κ3) is 7.67. The lowest BCUT2D eigenvalue weighted by Crippen LogP contribution is -2.49.